The van der Waals surface area contributed by atoms with E-state index in [-0.39, 0.29) is 11.4 Å². The summed E-state index contributed by atoms with van der Waals surface area (Å²) in [4.78, 5) is 12.5. The number of aromatic nitrogens is 1. The first-order chi connectivity index (χ1) is 10.9. The Morgan fingerprint density at radius 1 is 1.04 bits per heavy atom. The van der Waals surface area contributed by atoms with Crippen molar-refractivity contribution in [1.29, 1.82) is 0 Å². The highest BCUT2D eigenvalue weighted by Crippen LogP contribution is 2.35. The van der Waals surface area contributed by atoms with Crippen molar-refractivity contribution in [2.24, 2.45) is 0 Å². The van der Waals surface area contributed by atoms with Crippen LogP contribution in [0, 0.1) is 0 Å². The second kappa shape index (κ2) is 5.55. The van der Waals surface area contributed by atoms with Crippen LogP contribution in [0.2, 0.25) is 0 Å². The van der Waals surface area contributed by atoms with Gasteiger partial charge < -0.3 is 9.67 Å². The highest BCUT2D eigenvalue weighted by Gasteiger charge is 2.25. The molecule has 23 heavy (non-hydrogen) atoms. The highest BCUT2D eigenvalue weighted by molar-refractivity contribution is 7.91. The Morgan fingerprint density at radius 3 is 2.30 bits per heavy atom. The SMILES string of the molecule is CS(=O)(=O)CC(=O)c1c(O)c2ccccc2n1-c1ccccc1. The van der Waals surface area contributed by atoms with E-state index in [0.29, 0.717) is 16.6 Å². The maximum atomic E-state index is 12.5. The molecule has 2 aromatic carbocycles. The van der Waals surface area contributed by atoms with Crippen molar-refractivity contribution in [3.8, 4) is 11.4 Å². The standard InChI is InChI=1S/C17H15NO4S/c1-23(21,22)11-15(19)16-17(20)13-9-5-6-10-14(13)18(16)12-7-3-2-4-8-12/h2-10,20H,11H2,1H3. The second-order valence-electron chi connectivity index (χ2n) is 5.38. The van der Waals surface area contributed by atoms with E-state index in [2.05, 4.69) is 0 Å². The molecule has 118 valence electrons. The van der Waals surface area contributed by atoms with Gasteiger partial charge in [0.15, 0.2) is 21.4 Å². The van der Waals surface area contributed by atoms with Crippen LogP contribution in [0.25, 0.3) is 16.6 Å². The first-order valence-corrected chi connectivity index (χ1v) is 9.03. The van der Waals surface area contributed by atoms with Gasteiger partial charge in [0.25, 0.3) is 0 Å². The Bertz CT molecular complexity index is 988. The molecule has 1 heterocycles. The molecule has 1 N–H and O–H groups in total. The number of aromatic hydroxyl groups is 1. The fourth-order valence-electron chi connectivity index (χ4n) is 2.63. The van der Waals surface area contributed by atoms with E-state index in [0.717, 1.165) is 6.26 Å². The topological polar surface area (TPSA) is 76.4 Å². The van der Waals surface area contributed by atoms with Crippen LogP contribution in [-0.2, 0) is 9.84 Å². The average Bonchev–Trinajstić information content (AvgIpc) is 2.80. The zero-order valence-corrected chi connectivity index (χ0v) is 13.2. The normalized spacial score (nSPS) is 11.7. The van der Waals surface area contributed by atoms with Gasteiger partial charge in [-0.2, -0.15) is 0 Å². The average molecular weight is 329 g/mol. The van der Waals surface area contributed by atoms with Gasteiger partial charge in [0.1, 0.15) is 11.4 Å². The molecule has 0 saturated carbocycles. The summed E-state index contributed by atoms with van der Waals surface area (Å²) in [6.45, 7) is 0. The van der Waals surface area contributed by atoms with E-state index >= 15 is 0 Å². The molecule has 0 saturated heterocycles. The molecule has 3 rings (SSSR count). The van der Waals surface area contributed by atoms with E-state index in [9.17, 15) is 18.3 Å². The quantitative estimate of drug-likeness (QED) is 0.746. The van der Waals surface area contributed by atoms with Crippen molar-refractivity contribution >= 4 is 26.5 Å². The Balaban J connectivity index is 2.32. The van der Waals surface area contributed by atoms with Gasteiger partial charge >= 0.3 is 0 Å². The van der Waals surface area contributed by atoms with E-state index in [1.807, 2.05) is 18.2 Å². The molecule has 0 spiro atoms. The lowest BCUT2D eigenvalue weighted by atomic mass is 10.2. The lowest BCUT2D eigenvalue weighted by molar-refractivity contribution is 0.101. The minimum atomic E-state index is -3.50. The molecule has 0 aliphatic carbocycles. The third kappa shape index (κ3) is 2.85. The molecule has 5 nitrogen and oxygen atoms in total. The van der Waals surface area contributed by atoms with Crippen molar-refractivity contribution in [3.63, 3.8) is 0 Å². The van der Waals surface area contributed by atoms with Crippen LogP contribution in [0.5, 0.6) is 5.75 Å². The number of ketones is 1. The van der Waals surface area contributed by atoms with Gasteiger partial charge in [-0.15, -0.1) is 0 Å². The van der Waals surface area contributed by atoms with Crippen LogP contribution in [0.15, 0.2) is 54.6 Å². The first-order valence-electron chi connectivity index (χ1n) is 6.97. The summed E-state index contributed by atoms with van der Waals surface area (Å²) in [5.74, 6) is -1.48. The van der Waals surface area contributed by atoms with Crippen molar-refractivity contribution in [1.82, 2.24) is 4.57 Å². The summed E-state index contributed by atoms with van der Waals surface area (Å²) in [5.41, 5.74) is 1.32. The molecule has 6 heteroatoms. The minimum Gasteiger partial charge on any atom is -0.505 e. The molecule has 0 amide bonds. The number of para-hydroxylation sites is 2. The lowest BCUT2D eigenvalue weighted by Crippen LogP contribution is -2.17. The summed E-state index contributed by atoms with van der Waals surface area (Å²) in [6.07, 6.45) is 0.997. The number of nitrogens with zero attached hydrogens (tertiary/aromatic N) is 1. The van der Waals surface area contributed by atoms with E-state index in [1.165, 1.54) is 0 Å². The molecular formula is C17H15NO4S. The zero-order chi connectivity index (χ0) is 16.6. The predicted octanol–water partition coefficient (Wildman–Crippen LogP) is 2.56. The molecule has 0 unspecified atom stereocenters. The molecule has 3 aromatic rings. The van der Waals surface area contributed by atoms with E-state index in [4.69, 9.17) is 0 Å². The summed E-state index contributed by atoms with van der Waals surface area (Å²) < 4.78 is 24.6. The number of fused-ring (bicyclic) bond motifs is 1. The van der Waals surface area contributed by atoms with E-state index < -0.39 is 21.4 Å². The van der Waals surface area contributed by atoms with Gasteiger partial charge in [-0.1, -0.05) is 30.3 Å². The van der Waals surface area contributed by atoms with Crippen LogP contribution in [-0.4, -0.2) is 35.9 Å². The fraction of sp³-hybridized carbons (Fsp3) is 0.118. The Hall–Kier alpha value is -2.60. The number of carbonyl (C=O) groups excluding carboxylic acids is 1. The summed E-state index contributed by atoms with van der Waals surface area (Å²) in [5, 5.41) is 11.0. The van der Waals surface area contributed by atoms with Crippen molar-refractivity contribution in [2.45, 2.75) is 0 Å². The second-order valence-corrected chi connectivity index (χ2v) is 7.52. The molecule has 0 radical (unpaired) electrons. The number of rotatable bonds is 4. The monoisotopic (exact) mass is 329 g/mol. The van der Waals surface area contributed by atoms with Crippen molar-refractivity contribution in [3.05, 3.63) is 60.3 Å². The fourth-order valence-corrected chi connectivity index (χ4v) is 3.24. The third-order valence-corrected chi connectivity index (χ3v) is 4.31. The van der Waals surface area contributed by atoms with Gasteiger partial charge in [0.2, 0.25) is 0 Å². The first kappa shape index (κ1) is 15.3. The third-order valence-electron chi connectivity index (χ3n) is 3.52. The molecule has 0 atom stereocenters. The number of hydrogen-bond donors (Lipinski definition) is 1. The van der Waals surface area contributed by atoms with Gasteiger partial charge in [-0.3, -0.25) is 4.79 Å². The maximum Gasteiger partial charge on any atom is 0.198 e. The van der Waals surface area contributed by atoms with Crippen molar-refractivity contribution in [2.75, 3.05) is 12.0 Å². The number of carbonyl (C=O) groups is 1. The van der Waals surface area contributed by atoms with Gasteiger partial charge in [-0.05, 0) is 24.3 Å². The molecule has 1 aromatic heterocycles. The van der Waals surface area contributed by atoms with Crippen LogP contribution in [0.4, 0.5) is 0 Å². The number of Topliss-reactive ketones (excluding diaryl/α,β-unsaturated/α-hetero) is 1. The van der Waals surface area contributed by atoms with Crippen LogP contribution in [0.3, 0.4) is 0 Å². The van der Waals surface area contributed by atoms with Crippen LogP contribution >= 0.6 is 0 Å². The number of sulfone groups is 1. The van der Waals surface area contributed by atoms with Gasteiger partial charge in [-0.25, -0.2) is 8.42 Å². The van der Waals surface area contributed by atoms with Crippen LogP contribution in [0.1, 0.15) is 10.5 Å². The van der Waals surface area contributed by atoms with Crippen molar-refractivity contribution < 1.29 is 18.3 Å². The zero-order valence-electron chi connectivity index (χ0n) is 12.4. The largest absolute Gasteiger partial charge is 0.505 e. The smallest absolute Gasteiger partial charge is 0.198 e. The summed E-state index contributed by atoms with van der Waals surface area (Å²) >= 11 is 0. The highest BCUT2D eigenvalue weighted by atomic mass is 32.2. The van der Waals surface area contributed by atoms with E-state index in [1.54, 1.807) is 41.0 Å². The molecule has 0 aliphatic heterocycles. The number of hydrogen-bond acceptors (Lipinski definition) is 4. The van der Waals surface area contributed by atoms with Gasteiger partial charge in [0.05, 0.1) is 5.52 Å². The Morgan fingerprint density at radius 2 is 1.65 bits per heavy atom. The summed E-state index contributed by atoms with van der Waals surface area (Å²) in [6, 6.07) is 16.1. The predicted molar refractivity (Wildman–Crippen MR) is 89.0 cm³/mol. The Kier molecular flexibility index (Phi) is 3.69. The lowest BCUT2D eigenvalue weighted by Gasteiger charge is -2.10. The summed E-state index contributed by atoms with van der Waals surface area (Å²) in [7, 11) is -3.50. The maximum absolute atomic E-state index is 12.5. The number of benzene rings is 2. The molecular weight excluding hydrogens is 314 g/mol. The molecule has 0 fully saturated rings. The van der Waals surface area contributed by atoms with Crippen LogP contribution < -0.4 is 0 Å². The van der Waals surface area contributed by atoms with Gasteiger partial charge in [0, 0.05) is 17.3 Å². The minimum absolute atomic E-state index is 0.0113. The Labute approximate surface area is 133 Å². The molecule has 0 aliphatic rings. The molecule has 0 bridgehead atoms.